The highest BCUT2D eigenvalue weighted by molar-refractivity contribution is 6.32. The Balaban J connectivity index is 2.82. The number of amides is 2. The maximum Gasteiger partial charge on any atom is 0.323 e. The molecule has 0 atom stereocenters. The molecule has 114 valence electrons. The van der Waals surface area contributed by atoms with E-state index in [1.165, 1.54) is 25.3 Å². The number of ether oxygens (including phenoxy) is 1. The fourth-order valence-electron chi connectivity index (χ4n) is 1.47. The van der Waals surface area contributed by atoms with Crippen LogP contribution in [0.4, 0.5) is 10.5 Å². The van der Waals surface area contributed by atoms with Crippen molar-refractivity contribution in [2.45, 2.75) is 0 Å². The van der Waals surface area contributed by atoms with Gasteiger partial charge in [0.1, 0.15) is 18.8 Å². The Morgan fingerprint density at radius 2 is 1.81 bits per heavy atom. The van der Waals surface area contributed by atoms with E-state index in [4.69, 9.17) is 26.6 Å². The molecule has 1 aromatic rings. The second-order valence-electron chi connectivity index (χ2n) is 3.92. The van der Waals surface area contributed by atoms with Gasteiger partial charge in [-0.2, -0.15) is 0 Å². The largest absolute Gasteiger partial charge is 0.495 e. The number of methoxy groups -OCH3 is 1. The summed E-state index contributed by atoms with van der Waals surface area (Å²) in [6, 6.07) is 3.54. The van der Waals surface area contributed by atoms with Gasteiger partial charge in [0, 0.05) is 5.69 Å². The third-order valence-electron chi connectivity index (χ3n) is 2.34. The smallest absolute Gasteiger partial charge is 0.323 e. The van der Waals surface area contributed by atoms with Crippen molar-refractivity contribution >= 4 is 35.3 Å². The Kier molecular flexibility index (Phi) is 5.79. The summed E-state index contributed by atoms with van der Waals surface area (Å²) in [4.78, 5) is 33.8. The van der Waals surface area contributed by atoms with E-state index in [2.05, 4.69) is 5.32 Å². The minimum Gasteiger partial charge on any atom is -0.495 e. The van der Waals surface area contributed by atoms with E-state index in [0.29, 0.717) is 10.6 Å². The Labute approximate surface area is 124 Å². The summed E-state index contributed by atoms with van der Waals surface area (Å²) in [5, 5.41) is 20.0. The molecule has 8 nitrogen and oxygen atoms in total. The molecular weight excluding hydrogens is 304 g/mol. The second kappa shape index (κ2) is 7.34. The molecule has 1 rings (SSSR count). The van der Waals surface area contributed by atoms with Crippen LogP contribution in [-0.2, 0) is 9.59 Å². The first kappa shape index (κ1) is 16.6. The number of hydrogen-bond donors (Lipinski definition) is 3. The van der Waals surface area contributed by atoms with Crippen LogP contribution in [-0.4, -0.2) is 53.3 Å². The fourth-order valence-corrected chi connectivity index (χ4v) is 1.73. The van der Waals surface area contributed by atoms with E-state index in [-0.39, 0.29) is 10.7 Å². The van der Waals surface area contributed by atoms with E-state index >= 15 is 0 Å². The number of carbonyl (C=O) groups is 3. The first-order valence-corrected chi connectivity index (χ1v) is 6.04. The molecule has 0 unspecified atom stereocenters. The lowest BCUT2D eigenvalue weighted by atomic mass is 10.3. The number of benzene rings is 1. The zero-order chi connectivity index (χ0) is 16.0. The molecule has 21 heavy (non-hydrogen) atoms. The highest BCUT2D eigenvalue weighted by atomic mass is 35.5. The van der Waals surface area contributed by atoms with Gasteiger partial charge in [-0.05, 0) is 18.2 Å². The van der Waals surface area contributed by atoms with Crippen LogP contribution >= 0.6 is 11.6 Å². The van der Waals surface area contributed by atoms with Crippen molar-refractivity contribution in [2.75, 3.05) is 25.5 Å². The fraction of sp³-hybridized carbons (Fsp3) is 0.250. The van der Waals surface area contributed by atoms with Crippen LogP contribution in [0.3, 0.4) is 0 Å². The number of anilines is 1. The van der Waals surface area contributed by atoms with Gasteiger partial charge in [0.25, 0.3) is 0 Å². The number of aliphatic carboxylic acids is 2. The molecule has 0 bridgehead atoms. The Morgan fingerprint density at radius 1 is 1.24 bits per heavy atom. The van der Waals surface area contributed by atoms with Crippen LogP contribution in [0, 0.1) is 0 Å². The van der Waals surface area contributed by atoms with Crippen LogP contribution in [0.1, 0.15) is 0 Å². The number of halogens is 1. The van der Waals surface area contributed by atoms with Gasteiger partial charge in [-0.25, -0.2) is 4.79 Å². The number of carboxylic acid groups (broad SMARTS) is 2. The summed E-state index contributed by atoms with van der Waals surface area (Å²) in [6.45, 7) is -1.47. The monoisotopic (exact) mass is 316 g/mol. The van der Waals surface area contributed by atoms with Gasteiger partial charge >= 0.3 is 18.0 Å². The third-order valence-corrected chi connectivity index (χ3v) is 2.64. The minimum absolute atomic E-state index is 0.248. The van der Waals surface area contributed by atoms with Crippen molar-refractivity contribution < 1.29 is 29.3 Å². The van der Waals surface area contributed by atoms with Crippen molar-refractivity contribution in [2.24, 2.45) is 0 Å². The molecule has 2 amide bonds. The zero-order valence-electron chi connectivity index (χ0n) is 11.0. The molecule has 0 saturated heterocycles. The molecule has 0 radical (unpaired) electrons. The molecule has 0 spiro atoms. The van der Waals surface area contributed by atoms with Gasteiger partial charge < -0.3 is 25.2 Å². The summed E-state index contributed by atoms with van der Waals surface area (Å²) in [5.74, 6) is -2.24. The Bertz CT molecular complexity index is 547. The lowest BCUT2D eigenvalue weighted by Crippen LogP contribution is -2.41. The molecule has 0 saturated carbocycles. The molecule has 0 fully saturated rings. The lowest BCUT2D eigenvalue weighted by molar-refractivity contribution is -0.140. The number of nitrogens with one attached hydrogen (secondary N) is 1. The van der Waals surface area contributed by atoms with E-state index in [0.717, 1.165) is 0 Å². The van der Waals surface area contributed by atoms with Crippen molar-refractivity contribution in [1.29, 1.82) is 0 Å². The number of carbonyl (C=O) groups excluding carboxylic acids is 1. The van der Waals surface area contributed by atoms with Crippen molar-refractivity contribution in [3.8, 4) is 5.75 Å². The van der Waals surface area contributed by atoms with E-state index in [9.17, 15) is 14.4 Å². The normalized spacial score (nSPS) is 9.81. The van der Waals surface area contributed by atoms with Crippen LogP contribution in [0.5, 0.6) is 5.75 Å². The molecule has 0 aromatic heterocycles. The zero-order valence-corrected chi connectivity index (χ0v) is 11.8. The Hall–Kier alpha value is -2.48. The van der Waals surface area contributed by atoms with Crippen molar-refractivity contribution in [3.05, 3.63) is 23.2 Å². The standard InChI is InChI=1S/C12H13ClN2O6/c1-21-9-3-2-7(4-8(9)13)14-12(20)15(5-10(16)17)6-11(18)19/h2-4H,5-6H2,1H3,(H,14,20)(H,16,17)(H,18,19). The summed E-state index contributed by atoms with van der Waals surface area (Å²) < 4.78 is 4.95. The van der Waals surface area contributed by atoms with Gasteiger partial charge in [-0.3, -0.25) is 9.59 Å². The molecule has 3 N–H and O–H groups in total. The number of urea groups is 1. The molecule has 9 heteroatoms. The predicted molar refractivity (Wildman–Crippen MR) is 73.9 cm³/mol. The van der Waals surface area contributed by atoms with Gasteiger partial charge in [0.05, 0.1) is 12.1 Å². The maximum atomic E-state index is 11.9. The van der Waals surface area contributed by atoms with Gasteiger partial charge in [-0.1, -0.05) is 11.6 Å². The topological polar surface area (TPSA) is 116 Å². The summed E-state index contributed by atoms with van der Waals surface area (Å²) in [5.41, 5.74) is 0.284. The first-order chi connectivity index (χ1) is 9.83. The van der Waals surface area contributed by atoms with Gasteiger partial charge in [-0.15, -0.1) is 0 Å². The van der Waals surface area contributed by atoms with E-state index in [1.807, 2.05) is 0 Å². The van der Waals surface area contributed by atoms with Gasteiger partial charge in [0.15, 0.2) is 0 Å². The predicted octanol–water partition coefficient (Wildman–Crippen LogP) is 1.35. The number of hydrogen-bond acceptors (Lipinski definition) is 4. The van der Waals surface area contributed by atoms with Crippen molar-refractivity contribution in [1.82, 2.24) is 4.90 Å². The highest BCUT2D eigenvalue weighted by Crippen LogP contribution is 2.27. The minimum atomic E-state index is -1.32. The second-order valence-corrected chi connectivity index (χ2v) is 4.33. The molecule has 0 heterocycles. The quantitative estimate of drug-likeness (QED) is 0.729. The molecule has 0 aliphatic heterocycles. The summed E-state index contributed by atoms with van der Waals surface area (Å²) >= 11 is 5.88. The van der Waals surface area contributed by atoms with Crippen LogP contribution in [0.25, 0.3) is 0 Å². The van der Waals surface area contributed by atoms with Crippen LogP contribution in [0.2, 0.25) is 5.02 Å². The molecule has 0 aliphatic carbocycles. The van der Waals surface area contributed by atoms with Gasteiger partial charge in [0.2, 0.25) is 0 Å². The van der Waals surface area contributed by atoms with E-state index in [1.54, 1.807) is 0 Å². The highest BCUT2D eigenvalue weighted by Gasteiger charge is 2.20. The van der Waals surface area contributed by atoms with Crippen LogP contribution < -0.4 is 10.1 Å². The molecule has 0 aliphatic rings. The average Bonchev–Trinajstić information content (AvgIpc) is 2.37. The molecular formula is C12H13ClN2O6. The Morgan fingerprint density at radius 3 is 2.24 bits per heavy atom. The summed E-state index contributed by atoms with van der Waals surface area (Å²) in [7, 11) is 1.43. The maximum absolute atomic E-state index is 11.9. The van der Waals surface area contributed by atoms with Crippen molar-refractivity contribution in [3.63, 3.8) is 0 Å². The number of carboxylic acids is 2. The average molecular weight is 317 g/mol. The lowest BCUT2D eigenvalue weighted by Gasteiger charge is -2.19. The number of rotatable bonds is 6. The molecule has 1 aromatic carbocycles. The summed E-state index contributed by atoms with van der Waals surface area (Å²) in [6.07, 6.45) is 0. The van der Waals surface area contributed by atoms with E-state index < -0.39 is 31.1 Å². The number of nitrogens with zero attached hydrogens (tertiary/aromatic N) is 1. The first-order valence-electron chi connectivity index (χ1n) is 5.66. The third kappa shape index (κ3) is 5.19. The SMILES string of the molecule is COc1ccc(NC(=O)N(CC(=O)O)CC(=O)O)cc1Cl. The van der Waals surface area contributed by atoms with Crippen LogP contribution in [0.15, 0.2) is 18.2 Å².